The van der Waals surface area contributed by atoms with Gasteiger partial charge in [-0.2, -0.15) is 0 Å². The van der Waals surface area contributed by atoms with Gasteiger partial charge >= 0.3 is 0 Å². The first-order valence-electron chi connectivity index (χ1n) is 7.24. The number of nitrogens with one attached hydrogen (secondary N) is 1. The van der Waals surface area contributed by atoms with Crippen LogP contribution in [0.15, 0.2) is 12.5 Å². The molecule has 1 aromatic rings. The van der Waals surface area contributed by atoms with Gasteiger partial charge in [0.1, 0.15) is 0 Å². The Morgan fingerprint density at radius 1 is 1.42 bits per heavy atom. The zero-order valence-electron chi connectivity index (χ0n) is 12.1. The third-order valence-electron chi connectivity index (χ3n) is 3.73. The van der Waals surface area contributed by atoms with Gasteiger partial charge in [0, 0.05) is 39.0 Å². The molecule has 1 saturated heterocycles. The van der Waals surface area contributed by atoms with E-state index in [0.717, 1.165) is 26.2 Å². The van der Waals surface area contributed by atoms with Gasteiger partial charge in [-0.05, 0) is 32.9 Å². The first-order chi connectivity index (χ1) is 9.31. The normalized spacial score (nSPS) is 18.0. The van der Waals surface area contributed by atoms with E-state index in [1.165, 1.54) is 31.6 Å². The molecule has 0 aromatic carbocycles. The summed E-state index contributed by atoms with van der Waals surface area (Å²) >= 11 is 0. The average molecular weight is 266 g/mol. The number of aromatic nitrogens is 2. The Kier molecular flexibility index (Phi) is 5.82. The van der Waals surface area contributed by atoms with Gasteiger partial charge in [-0.15, -0.1) is 0 Å². The molecule has 0 spiro atoms. The van der Waals surface area contributed by atoms with Crippen molar-refractivity contribution in [2.45, 2.75) is 32.4 Å². The predicted molar refractivity (Wildman–Crippen MR) is 76.2 cm³/mol. The van der Waals surface area contributed by atoms with Gasteiger partial charge in [0.15, 0.2) is 0 Å². The number of ether oxygens (including phenoxy) is 1. The maximum absolute atomic E-state index is 5.04. The molecule has 0 aliphatic carbocycles. The van der Waals surface area contributed by atoms with Gasteiger partial charge in [0.05, 0.1) is 18.6 Å². The fourth-order valence-corrected chi connectivity index (χ4v) is 2.68. The predicted octanol–water partition coefficient (Wildman–Crippen LogP) is 1.28. The van der Waals surface area contributed by atoms with Gasteiger partial charge < -0.3 is 19.5 Å². The van der Waals surface area contributed by atoms with E-state index < -0.39 is 0 Å². The number of likely N-dealkylation sites (tertiary alicyclic amines) is 1. The minimum atomic E-state index is 0.486. The van der Waals surface area contributed by atoms with Crippen molar-refractivity contribution in [3.63, 3.8) is 0 Å². The van der Waals surface area contributed by atoms with Crippen LogP contribution in [0.3, 0.4) is 0 Å². The van der Waals surface area contributed by atoms with Crippen LogP contribution < -0.4 is 5.32 Å². The topological polar surface area (TPSA) is 42.3 Å². The minimum Gasteiger partial charge on any atom is -0.383 e. The molecular formula is C14H26N4O. The van der Waals surface area contributed by atoms with Crippen molar-refractivity contribution in [2.24, 2.45) is 0 Å². The lowest BCUT2D eigenvalue weighted by atomic mass is 10.3. The first kappa shape index (κ1) is 14.5. The van der Waals surface area contributed by atoms with Gasteiger partial charge in [-0.25, -0.2) is 4.98 Å². The third kappa shape index (κ3) is 4.30. The van der Waals surface area contributed by atoms with E-state index in [2.05, 4.69) is 26.7 Å². The van der Waals surface area contributed by atoms with Crippen molar-refractivity contribution in [2.75, 3.05) is 39.9 Å². The smallest absolute Gasteiger partial charge is 0.0951 e. The van der Waals surface area contributed by atoms with E-state index in [4.69, 9.17) is 4.74 Å². The van der Waals surface area contributed by atoms with Crippen LogP contribution in [0.1, 0.15) is 31.5 Å². The summed E-state index contributed by atoms with van der Waals surface area (Å²) in [6.45, 7) is 8.38. The molecule has 1 aliphatic rings. The molecule has 19 heavy (non-hydrogen) atoms. The summed E-state index contributed by atoms with van der Waals surface area (Å²) in [6.07, 6.45) is 6.61. The summed E-state index contributed by atoms with van der Waals surface area (Å²) in [7, 11) is 1.73. The average Bonchev–Trinajstić information content (AvgIpc) is 3.05. The van der Waals surface area contributed by atoms with Crippen LogP contribution in [0.5, 0.6) is 0 Å². The molecule has 0 bridgehead atoms. The van der Waals surface area contributed by atoms with E-state index in [0.29, 0.717) is 6.04 Å². The molecule has 0 amide bonds. The van der Waals surface area contributed by atoms with E-state index in [-0.39, 0.29) is 0 Å². The second-order valence-corrected chi connectivity index (χ2v) is 5.32. The van der Waals surface area contributed by atoms with Gasteiger partial charge in [0.2, 0.25) is 0 Å². The molecule has 1 aliphatic heterocycles. The second-order valence-electron chi connectivity index (χ2n) is 5.32. The Hall–Kier alpha value is -0.910. The lowest BCUT2D eigenvalue weighted by Crippen LogP contribution is -2.28. The van der Waals surface area contributed by atoms with Gasteiger partial charge in [-0.1, -0.05) is 0 Å². The van der Waals surface area contributed by atoms with E-state index >= 15 is 0 Å². The zero-order valence-corrected chi connectivity index (χ0v) is 12.1. The third-order valence-corrected chi connectivity index (χ3v) is 3.73. The highest BCUT2D eigenvalue weighted by Gasteiger charge is 2.16. The van der Waals surface area contributed by atoms with Crippen LogP contribution in [0.4, 0.5) is 0 Å². The van der Waals surface area contributed by atoms with Crippen LogP contribution in [-0.4, -0.2) is 54.3 Å². The van der Waals surface area contributed by atoms with Gasteiger partial charge in [0.25, 0.3) is 0 Å². The largest absolute Gasteiger partial charge is 0.383 e. The van der Waals surface area contributed by atoms with Crippen molar-refractivity contribution in [3.05, 3.63) is 18.2 Å². The second kappa shape index (κ2) is 7.62. The highest BCUT2D eigenvalue weighted by molar-refractivity contribution is 5.00. The molecule has 2 rings (SSSR count). The van der Waals surface area contributed by atoms with Crippen LogP contribution >= 0.6 is 0 Å². The maximum atomic E-state index is 5.04. The highest BCUT2D eigenvalue weighted by atomic mass is 16.5. The molecule has 1 aromatic heterocycles. The van der Waals surface area contributed by atoms with E-state index in [1.54, 1.807) is 7.11 Å². The fourth-order valence-electron chi connectivity index (χ4n) is 2.68. The summed E-state index contributed by atoms with van der Waals surface area (Å²) in [5, 5.41) is 3.38. The molecule has 1 fully saturated rings. The maximum Gasteiger partial charge on any atom is 0.0951 e. The monoisotopic (exact) mass is 266 g/mol. The van der Waals surface area contributed by atoms with Crippen molar-refractivity contribution in [1.29, 1.82) is 0 Å². The molecule has 2 heterocycles. The molecule has 1 unspecified atom stereocenters. The highest BCUT2D eigenvalue weighted by Crippen LogP contribution is 2.15. The summed E-state index contributed by atoms with van der Waals surface area (Å²) in [5.41, 5.74) is 1.25. The lowest BCUT2D eigenvalue weighted by molar-refractivity contribution is 0.198. The number of hydrogen-bond acceptors (Lipinski definition) is 4. The van der Waals surface area contributed by atoms with Crippen LogP contribution in [-0.2, 0) is 11.3 Å². The summed E-state index contributed by atoms with van der Waals surface area (Å²) in [6, 6.07) is 0.486. The van der Waals surface area contributed by atoms with Crippen LogP contribution in [0.25, 0.3) is 0 Å². The molecule has 5 heteroatoms. The van der Waals surface area contributed by atoms with Crippen LogP contribution in [0, 0.1) is 0 Å². The SMILES string of the molecule is COCCNCc1cncn1C(C)CN1CCCC1. The molecule has 0 radical (unpaired) electrons. The van der Waals surface area contributed by atoms with E-state index in [9.17, 15) is 0 Å². The Balaban J connectivity index is 1.83. The van der Waals surface area contributed by atoms with Gasteiger partial charge in [-0.3, -0.25) is 0 Å². The molecule has 1 atom stereocenters. The summed E-state index contributed by atoms with van der Waals surface area (Å²) in [4.78, 5) is 6.84. The standard InChI is InChI=1S/C14H26N4O/c1-13(11-17-6-3-4-7-17)18-12-16-10-14(18)9-15-5-8-19-2/h10,12-13,15H,3-9,11H2,1-2H3. The van der Waals surface area contributed by atoms with Crippen LogP contribution in [0.2, 0.25) is 0 Å². The zero-order chi connectivity index (χ0) is 13.5. The number of imidazole rings is 1. The minimum absolute atomic E-state index is 0.486. The van der Waals surface area contributed by atoms with Crippen molar-refractivity contribution >= 4 is 0 Å². The van der Waals surface area contributed by atoms with E-state index in [1.807, 2.05) is 12.5 Å². The Morgan fingerprint density at radius 3 is 2.95 bits per heavy atom. The molecular weight excluding hydrogens is 240 g/mol. The van der Waals surface area contributed by atoms with Crippen molar-refractivity contribution in [1.82, 2.24) is 19.8 Å². The lowest BCUT2D eigenvalue weighted by Gasteiger charge is -2.23. The first-order valence-corrected chi connectivity index (χ1v) is 7.24. The number of hydrogen-bond donors (Lipinski definition) is 1. The Bertz CT molecular complexity index is 360. The summed E-state index contributed by atoms with van der Waals surface area (Å²) in [5.74, 6) is 0. The molecule has 5 nitrogen and oxygen atoms in total. The quantitative estimate of drug-likeness (QED) is 0.720. The number of nitrogens with zero attached hydrogens (tertiary/aromatic N) is 3. The Morgan fingerprint density at radius 2 is 2.21 bits per heavy atom. The molecule has 1 N–H and O–H groups in total. The fraction of sp³-hybridized carbons (Fsp3) is 0.786. The van der Waals surface area contributed by atoms with Crippen molar-refractivity contribution < 1.29 is 4.74 Å². The Labute approximate surface area is 116 Å². The molecule has 108 valence electrons. The van der Waals surface area contributed by atoms with Crippen molar-refractivity contribution in [3.8, 4) is 0 Å². The number of methoxy groups -OCH3 is 1. The molecule has 0 saturated carbocycles. The summed E-state index contributed by atoms with van der Waals surface area (Å²) < 4.78 is 7.33. The number of rotatable bonds is 8.